The number of hydrogen-bond donors (Lipinski definition) is 1. The number of amides is 1. The zero-order valence-electron chi connectivity index (χ0n) is 20.2. The standard InChI is InChI=1S/C30H26N4O2S/c35-29(33-31-19-25-14-9-15-26(18-25)36-21-24-12-5-2-6-13-24)22-37-30-32-27-16-7-8-17-28(27)34(30)20-23-10-3-1-4-11-23/h1-19H,20-22H2,(H,33,35)/b31-19+. The van der Waals surface area contributed by atoms with Gasteiger partial charge in [-0.05, 0) is 41.0 Å². The largest absolute Gasteiger partial charge is 0.489 e. The summed E-state index contributed by atoms with van der Waals surface area (Å²) in [5, 5.41) is 4.92. The molecule has 0 spiro atoms. The van der Waals surface area contributed by atoms with Gasteiger partial charge in [-0.25, -0.2) is 10.4 Å². The molecule has 0 fully saturated rings. The van der Waals surface area contributed by atoms with Gasteiger partial charge < -0.3 is 9.30 Å². The maximum absolute atomic E-state index is 12.5. The Balaban J connectivity index is 1.18. The molecule has 0 saturated carbocycles. The van der Waals surface area contributed by atoms with Crippen LogP contribution in [0.1, 0.15) is 16.7 Å². The van der Waals surface area contributed by atoms with Crippen molar-refractivity contribution in [3.8, 4) is 5.75 Å². The minimum atomic E-state index is -0.198. The van der Waals surface area contributed by atoms with Crippen molar-refractivity contribution in [1.82, 2.24) is 15.0 Å². The summed E-state index contributed by atoms with van der Waals surface area (Å²) in [7, 11) is 0. The molecule has 6 nitrogen and oxygen atoms in total. The molecule has 0 aliphatic rings. The molecule has 0 aliphatic carbocycles. The topological polar surface area (TPSA) is 68.5 Å². The summed E-state index contributed by atoms with van der Waals surface area (Å²) in [4.78, 5) is 17.3. The molecule has 184 valence electrons. The molecule has 5 rings (SSSR count). The monoisotopic (exact) mass is 506 g/mol. The number of ether oxygens (including phenoxy) is 1. The first-order valence-corrected chi connectivity index (χ1v) is 12.9. The maximum Gasteiger partial charge on any atom is 0.250 e. The van der Waals surface area contributed by atoms with Gasteiger partial charge in [0.05, 0.1) is 29.5 Å². The number of nitrogens with one attached hydrogen (secondary N) is 1. The van der Waals surface area contributed by atoms with Crippen LogP contribution in [-0.2, 0) is 17.9 Å². The van der Waals surface area contributed by atoms with Crippen molar-refractivity contribution in [3.63, 3.8) is 0 Å². The Labute approximate surface area is 220 Å². The second kappa shape index (κ2) is 12.1. The van der Waals surface area contributed by atoms with Crippen molar-refractivity contribution in [1.29, 1.82) is 0 Å². The summed E-state index contributed by atoms with van der Waals surface area (Å²) in [6, 6.07) is 35.9. The molecule has 1 aromatic heterocycles. The number of rotatable bonds is 10. The lowest BCUT2D eigenvalue weighted by atomic mass is 10.2. The molecule has 0 saturated heterocycles. The van der Waals surface area contributed by atoms with Crippen molar-refractivity contribution in [3.05, 3.63) is 126 Å². The fourth-order valence-corrected chi connectivity index (χ4v) is 4.66. The van der Waals surface area contributed by atoms with Gasteiger partial charge in [0, 0.05) is 0 Å². The van der Waals surface area contributed by atoms with Crippen molar-refractivity contribution in [2.45, 2.75) is 18.3 Å². The van der Waals surface area contributed by atoms with Gasteiger partial charge in [0.15, 0.2) is 5.16 Å². The van der Waals surface area contributed by atoms with Crippen LogP contribution in [0.4, 0.5) is 0 Å². The molecule has 5 aromatic rings. The Bertz CT molecular complexity index is 1500. The van der Waals surface area contributed by atoms with Crippen molar-refractivity contribution >= 4 is 34.9 Å². The molecule has 0 bridgehead atoms. The van der Waals surface area contributed by atoms with Crippen molar-refractivity contribution in [2.24, 2.45) is 5.10 Å². The van der Waals surface area contributed by atoms with E-state index in [1.807, 2.05) is 91.0 Å². The third-order valence-electron chi connectivity index (χ3n) is 5.64. The van der Waals surface area contributed by atoms with Crippen LogP contribution in [0.15, 0.2) is 119 Å². The lowest BCUT2D eigenvalue weighted by molar-refractivity contribution is -0.118. The van der Waals surface area contributed by atoms with E-state index in [1.54, 1.807) is 6.21 Å². The number of thioether (sulfide) groups is 1. The van der Waals surface area contributed by atoms with Crippen LogP contribution in [0, 0.1) is 0 Å². The summed E-state index contributed by atoms with van der Waals surface area (Å²) in [6.07, 6.45) is 1.61. The average molecular weight is 507 g/mol. The smallest absolute Gasteiger partial charge is 0.250 e. The molecule has 0 aliphatic heterocycles. The molecule has 0 unspecified atom stereocenters. The maximum atomic E-state index is 12.5. The molecule has 1 heterocycles. The predicted molar refractivity (Wildman–Crippen MR) is 149 cm³/mol. The second-order valence-electron chi connectivity index (χ2n) is 8.38. The average Bonchev–Trinajstić information content (AvgIpc) is 3.29. The van der Waals surface area contributed by atoms with Gasteiger partial charge in [-0.15, -0.1) is 0 Å². The SMILES string of the molecule is O=C(CSc1nc2ccccc2n1Cc1ccccc1)N/N=C/c1cccc(OCc2ccccc2)c1. The number of carbonyl (C=O) groups excluding carboxylic acids is 1. The zero-order chi connectivity index (χ0) is 25.3. The Morgan fingerprint density at radius 2 is 1.62 bits per heavy atom. The lowest BCUT2D eigenvalue weighted by Gasteiger charge is -2.09. The zero-order valence-corrected chi connectivity index (χ0v) is 21.0. The van der Waals surface area contributed by atoms with Crippen LogP contribution < -0.4 is 10.2 Å². The van der Waals surface area contributed by atoms with Crippen LogP contribution in [0.25, 0.3) is 11.0 Å². The van der Waals surface area contributed by atoms with Crippen molar-refractivity contribution < 1.29 is 9.53 Å². The van der Waals surface area contributed by atoms with Crippen LogP contribution in [0.2, 0.25) is 0 Å². The van der Waals surface area contributed by atoms with Gasteiger partial charge in [-0.2, -0.15) is 5.10 Å². The second-order valence-corrected chi connectivity index (χ2v) is 9.33. The highest BCUT2D eigenvalue weighted by atomic mass is 32.2. The van der Waals surface area contributed by atoms with E-state index in [4.69, 9.17) is 9.72 Å². The highest BCUT2D eigenvalue weighted by molar-refractivity contribution is 7.99. The summed E-state index contributed by atoms with van der Waals surface area (Å²) >= 11 is 1.40. The third-order valence-corrected chi connectivity index (χ3v) is 6.62. The Morgan fingerprint density at radius 1 is 0.892 bits per heavy atom. The molecule has 1 amide bonds. The van der Waals surface area contributed by atoms with E-state index >= 15 is 0 Å². The number of carbonyl (C=O) groups is 1. The number of aromatic nitrogens is 2. The number of imidazole rings is 1. The Morgan fingerprint density at radius 3 is 2.43 bits per heavy atom. The van der Waals surface area contributed by atoms with E-state index in [9.17, 15) is 4.79 Å². The van der Waals surface area contributed by atoms with Crippen LogP contribution in [0.5, 0.6) is 5.75 Å². The normalized spacial score (nSPS) is 11.1. The summed E-state index contributed by atoms with van der Waals surface area (Å²) < 4.78 is 8.01. The van der Waals surface area contributed by atoms with Gasteiger partial charge in [0.1, 0.15) is 12.4 Å². The molecule has 0 radical (unpaired) electrons. The highest BCUT2D eigenvalue weighted by Gasteiger charge is 2.13. The first kappa shape index (κ1) is 24.3. The van der Waals surface area contributed by atoms with E-state index in [1.165, 1.54) is 17.3 Å². The van der Waals surface area contributed by atoms with E-state index in [0.717, 1.165) is 33.1 Å². The van der Waals surface area contributed by atoms with Crippen LogP contribution in [-0.4, -0.2) is 27.4 Å². The summed E-state index contributed by atoms with van der Waals surface area (Å²) in [5.74, 6) is 0.749. The molecule has 4 aromatic carbocycles. The Hall–Kier alpha value is -4.36. The number of hydrazone groups is 1. The summed E-state index contributed by atoms with van der Waals surface area (Å²) in [6.45, 7) is 1.18. The lowest BCUT2D eigenvalue weighted by Crippen LogP contribution is -2.20. The summed E-state index contributed by atoms with van der Waals surface area (Å²) in [5.41, 5.74) is 7.68. The minimum Gasteiger partial charge on any atom is -0.489 e. The molecule has 0 atom stereocenters. The molecule has 37 heavy (non-hydrogen) atoms. The minimum absolute atomic E-state index is 0.198. The number of fused-ring (bicyclic) bond motifs is 1. The molecule has 1 N–H and O–H groups in total. The van der Waals surface area contributed by atoms with Gasteiger partial charge in [0.25, 0.3) is 5.91 Å². The number of hydrogen-bond acceptors (Lipinski definition) is 5. The van der Waals surface area contributed by atoms with Crippen molar-refractivity contribution in [2.75, 3.05) is 5.75 Å². The van der Waals surface area contributed by atoms with E-state index < -0.39 is 0 Å². The quantitative estimate of drug-likeness (QED) is 0.145. The van der Waals surface area contributed by atoms with Gasteiger partial charge in [-0.3, -0.25) is 4.79 Å². The number of para-hydroxylation sites is 2. The van der Waals surface area contributed by atoms with Gasteiger partial charge >= 0.3 is 0 Å². The van der Waals surface area contributed by atoms with E-state index in [-0.39, 0.29) is 11.7 Å². The third kappa shape index (κ3) is 6.65. The molecule has 7 heteroatoms. The van der Waals surface area contributed by atoms with E-state index in [0.29, 0.717) is 13.2 Å². The van der Waals surface area contributed by atoms with Crippen LogP contribution in [0.3, 0.4) is 0 Å². The Kier molecular flexibility index (Phi) is 7.93. The van der Waals surface area contributed by atoms with Crippen LogP contribution >= 0.6 is 11.8 Å². The number of nitrogens with zero attached hydrogens (tertiary/aromatic N) is 3. The molecular formula is C30H26N4O2S. The van der Waals surface area contributed by atoms with Gasteiger partial charge in [-0.1, -0.05) is 96.7 Å². The predicted octanol–water partition coefficient (Wildman–Crippen LogP) is 5.91. The first-order valence-electron chi connectivity index (χ1n) is 12.0. The first-order chi connectivity index (χ1) is 18.2. The fraction of sp³-hybridized carbons (Fsp3) is 0.100. The molecular weight excluding hydrogens is 480 g/mol. The fourth-order valence-electron chi connectivity index (χ4n) is 3.85. The van der Waals surface area contributed by atoms with Gasteiger partial charge in [0.2, 0.25) is 0 Å². The van der Waals surface area contributed by atoms with E-state index in [2.05, 4.69) is 33.3 Å². The highest BCUT2D eigenvalue weighted by Crippen LogP contribution is 2.25. The number of benzene rings is 4.